The standard InChI is InChI=1S/C18H18N2O2S/c1-2-22-17(21)15(12-13-8-4-3-5-9-13)20-18-19-14-10-6-7-11-16(14)23-18/h3-11,15H,2,12H2,1H3,(H,19,20). The van der Waals surface area contributed by atoms with Crippen molar-refractivity contribution in [3.63, 3.8) is 0 Å². The van der Waals surface area contributed by atoms with E-state index < -0.39 is 6.04 Å². The van der Waals surface area contributed by atoms with Gasteiger partial charge in [-0.25, -0.2) is 9.78 Å². The lowest BCUT2D eigenvalue weighted by Crippen LogP contribution is -2.33. The molecule has 1 heterocycles. The highest BCUT2D eigenvalue weighted by Gasteiger charge is 2.21. The molecule has 23 heavy (non-hydrogen) atoms. The van der Waals surface area contributed by atoms with Gasteiger partial charge in [-0.15, -0.1) is 0 Å². The molecule has 1 atom stereocenters. The van der Waals surface area contributed by atoms with Gasteiger partial charge in [0.15, 0.2) is 5.13 Å². The lowest BCUT2D eigenvalue weighted by molar-refractivity contribution is -0.144. The number of fused-ring (bicyclic) bond motifs is 1. The van der Waals surface area contributed by atoms with E-state index in [4.69, 9.17) is 4.74 Å². The molecule has 0 spiro atoms. The zero-order valence-electron chi connectivity index (χ0n) is 12.9. The number of thiazole rings is 1. The number of hydrogen-bond donors (Lipinski definition) is 1. The Morgan fingerprint density at radius 1 is 1.17 bits per heavy atom. The largest absolute Gasteiger partial charge is 0.464 e. The molecule has 0 fully saturated rings. The molecule has 0 aliphatic carbocycles. The molecule has 0 saturated heterocycles. The number of hydrogen-bond acceptors (Lipinski definition) is 5. The lowest BCUT2D eigenvalue weighted by Gasteiger charge is -2.16. The van der Waals surface area contributed by atoms with Crippen LogP contribution in [0.15, 0.2) is 54.6 Å². The number of ether oxygens (including phenoxy) is 1. The van der Waals surface area contributed by atoms with Crippen molar-refractivity contribution in [3.05, 3.63) is 60.2 Å². The van der Waals surface area contributed by atoms with E-state index in [1.54, 1.807) is 11.3 Å². The van der Waals surface area contributed by atoms with Crippen LogP contribution in [0.3, 0.4) is 0 Å². The molecule has 0 saturated carbocycles. The SMILES string of the molecule is CCOC(=O)C(Cc1ccccc1)Nc1nc2ccccc2s1. The molecule has 5 heteroatoms. The second kappa shape index (κ2) is 7.24. The number of carbonyl (C=O) groups is 1. The van der Waals surface area contributed by atoms with Gasteiger partial charge in [0.2, 0.25) is 0 Å². The van der Waals surface area contributed by atoms with Crippen molar-refractivity contribution >= 4 is 32.7 Å². The Bertz CT molecular complexity index is 753. The summed E-state index contributed by atoms with van der Waals surface area (Å²) in [7, 11) is 0. The maximum atomic E-state index is 12.3. The second-order valence-corrected chi connectivity index (χ2v) is 6.16. The summed E-state index contributed by atoms with van der Waals surface area (Å²) in [5.74, 6) is -0.254. The van der Waals surface area contributed by atoms with Crippen molar-refractivity contribution in [3.8, 4) is 0 Å². The Hall–Kier alpha value is -2.40. The van der Waals surface area contributed by atoms with Gasteiger partial charge in [0.1, 0.15) is 6.04 Å². The Balaban J connectivity index is 1.81. The van der Waals surface area contributed by atoms with Gasteiger partial charge in [-0.2, -0.15) is 0 Å². The van der Waals surface area contributed by atoms with E-state index >= 15 is 0 Å². The number of esters is 1. The van der Waals surface area contributed by atoms with Crippen LogP contribution in [0.4, 0.5) is 5.13 Å². The summed E-state index contributed by atoms with van der Waals surface area (Å²) in [6, 6.07) is 17.4. The highest BCUT2D eigenvalue weighted by Crippen LogP contribution is 2.26. The van der Waals surface area contributed by atoms with Gasteiger partial charge < -0.3 is 10.1 Å². The van der Waals surface area contributed by atoms with Crippen LogP contribution >= 0.6 is 11.3 Å². The topological polar surface area (TPSA) is 51.2 Å². The second-order valence-electron chi connectivity index (χ2n) is 5.13. The fourth-order valence-corrected chi connectivity index (χ4v) is 3.29. The van der Waals surface area contributed by atoms with Crippen molar-refractivity contribution in [2.45, 2.75) is 19.4 Å². The van der Waals surface area contributed by atoms with Crippen molar-refractivity contribution in [1.82, 2.24) is 4.98 Å². The molecule has 0 aliphatic heterocycles. The number of rotatable bonds is 6. The minimum atomic E-state index is -0.446. The first-order chi connectivity index (χ1) is 11.3. The number of carbonyl (C=O) groups excluding carboxylic acids is 1. The number of nitrogens with one attached hydrogen (secondary N) is 1. The van der Waals surface area contributed by atoms with Crippen LogP contribution in [0.1, 0.15) is 12.5 Å². The molecule has 1 N–H and O–H groups in total. The first-order valence-electron chi connectivity index (χ1n) is 7.59. The van der Waals surface area contributed by atoms with Gasteiger partial charge >= 0.3 is 5.97 Å². The normalized spacial score (nSPS) is 12.0. The van der Waals surface area contributed by atoms with Gasteiger partial charge in [-0.3, -0.25) is 0 Å². The monoisotopic (exact) mass is 326 g/mol. The summed E-state index contributed by atoms with van der Waals surface area (Å²) in [6.45, 7) is 2.18. The van der Waals surface area contributed by atoms with E-state index in [1.165, 1.54) is 0 Å². The quantitative estimate of drug-likeness (QED) is 0.698. The molecule has 0 aliphatic rings. The van der Waals surface area contributed by atoms with Crippen LogP contribution in [0, 0.1) is 0 Å². The van der Waals surface area contributed by atoms with E-state index in [2.05, 4.69) is 10.3 Å². The zero-order valence-corrected chi connectivity index (χ0v) is 13.7. The predicted molar refractivity (Wildman–Crippen MR) is 93.8 cm³/mol. The molecule has 118 valence electrons. The highest BCUT2D eigenvalue weighted by molar-refractivity contribution is 7.22. The van der Waals surface area contributed by atoms with Crippen LogP contribution in [0.5, 0.6) is 0 Å². The zero-order chi connectivity index (χ0) is 16.1. The molecular formula is C18H18N2O2S. The maximum Gasteiger partial charge on any atom is 0.328 e. The number of aromatic nitrogens is 1. The number of anilines is 1. The van der Waals surface area contributed by atoms with Gasteiger partial charge in [0.25, 0.3) is 0 Å². The summed E-state index contributed by atoms with van der Waals surface area (Å²) in [6.07, 6.45) is 0.565. The molecule has 4 nitrogen and oxygen atoms in total. The van der Waals surface area contributed by atoms with Crippen molar-refractivity contribution in [2.24, 2.45) is 0 Å². The molecular weight excluding hydrogens is 308 g/mol. The van der Waals surface area contributed by atoms with Crippen LogP contribution in [-0.2, 0) is 16.0 Å². The molecule has 2 aromatic carbocycles. The van der Waals surface area contributed by atoms with Gasteiger partial charge in [-0.1, -0.05) is 53.8 Å². The van der Waals surface area contributed by atoms with Gasteiger partial charge in [0.05, 0.1) is 16.8 Å². The molecule has 0 amide bonds. The van der Waals surface area contributed by atoms with Gasteiger partial charge in [0, 0.05) is 6.42 Å². The maximum absolute atomic E-state index is 12.3. The van der Waals surface area contributed by atoms with E-state index in [0.717, 1.165) is 20.9 Å². The van der Waals surface area contributed by atoms with Crippen molar-refractivity contribution in [2.75, 3.05) is 11.9 Å². The Morgan fingerprint density at radius 3 is 2.65 bits per heavy atom. The lowest BCUT2D eigenvalue weighted by atomic mass is 10.1. The number of benzene rings is 2. The van der Waals surface area contributed by atoms with E-state index in [-0.39, 0.29) is 5.97 Å². The first kappa shape index (κ1) is 15.5. The number of para-hydroxylation sites is 1. The summed E-state index contributed by atoms with van der Waals surface area (Å²) in [5, 5.41) is 3.97. The van der Waals surface area contributed by atoms with Crippen molar-refractivity contribution < 1.29 is 9.53 Å². The smallest absolute Gasteiger partial charge is 0.328 e. The average Bonchev–Trinajstić information content (AvgIpc) is 2.98. The Morgan fingerprint density at radius 2 is 1.91 bits per heavy atom. The summed E-state index contributed by atoms with van der Waals surface area (Å²) in [5.41, 5.74) is 2.02. The van der Waals surface area contributed by atoms with E-state index in [0.29, 0.717) is 13.0 Å². The molecule has 0 bridgehead atoms. The highest BCUT2D eigenvalue weighted by atomic mass is 32.1. The molecule has 0 radical (unpaired) electrons. The average molecular weight is 326 g/mol. The van der Waals surface area contributed by atoms with Crippen LogP contribution in [0.2, 0.25) is 0 Å². The third kappa shape index (κ3) is 3.87. The van der Waals surface area contributed by atoms with Crippen molar-refractivity contribution in [1.29, 1.82) is 0 Å². The molecule has 3 rings (SSSR count). The van der Waals surface area contributed by atoms with Crippen LogP contribution < -0.4 is 5.32 Å². The fourth-order valence-electron chi connectivity index (χ4n) is 2.37. The minimum Gasteiger partial charge on any atom is -0.464 e. The van der Waals surface area contributed by atoms with Crippen LogP contribution in [-0.4, -0.2) is 23.6 Å². The van der Waals surface area contributed by atoms with Crippen LogP contribution in [0.25, 0.3) is 10.2 Å². The summed E-state index contributed by atoms with van der Waals surface area (Å²) in [4.78, 5) is 16.8. The first-order valence-corrected chi connectivity index (χ1v) is 8.40. The Labute approximate surface area is 139 Å². The number of nitrogens with zero attached hydrogens (tertiary/aromatic N) is 1. The predicted octanol–water partition coefficient (Wildman–Crippen LogP) is 3.88. The third-order valence-corrected chi connectivity index (χ3v) is 4.41. The van der Waals surface area contributed by atoms with E-state index in [1.807, 2.05) is 61.5 Å². The summed E-state index contributed by atoms with van der Waals surface area (Å²) < 4.78 is 6.29. The molecule has 3 aromatic rings. The molecule has 1 aromatic heterocycles. The molecule has 1 unspecified atom stereocenters. The third-order valence-electron chi connectivity index (χ3n) is 3.45. The minimum absolute atomic E-state index is 0.254. The van der Waals surface area contributed by atoms with E-state index in [9.17, 15) is 4.79 Å². The fraction of sp³-hybridized carbons (Fsp3) is 0.222. The Kier molecular flexibility index (Phi) is 4.88. The van der Waals surface area contributed by atoms with Gasteiger partial charge in [-0.05, 0) is 24.6 Å². The summed E-state index contributed by atoms with van der Waals surface area (Å²) >= 11 is 1.54.